The Bertz CT molecular complexity index is 788. The van der Waals surface area contributed by atoms with Crippen LogP contribution in [-0.4, -0.2) is 20.7 Å². The van der Waals surface area contributed by atoms with Crippen LogP contribution in [0.2, 0.25) is 0 Å². The molecule has 1 heterocycles. The average molecular weight is 292 g/mol. The van der Waals surface area contributed by atoms with Gasteiger partial charge in [-0.3, -0.25) is 4.79 Å². The molecular formula is C17H16N4O. The van der Waals surface area contributed by atoms with Crippen LogP contribution in [0.4, 0.5) is 5.69 Å². The molecule has 0 saturated carbocycles. The number of carbonyl (C=O) groups excluding carboxylic acids is 1. The van der Waals surface area contributed by atoms with Crippen LogP contribution in [0, 0.1) is 13.8 Å². The van der Waals surface area contributed by atoms with Crippen molar-refractivity contribution >= 4 is 11.6 Å². The molecule has 5 heteroatoms. The number of rotatable bonds is 3. The molecule has 3 aromatic rings. The van der Waals surface area contributed by atoms with Gasteiger partial charge in [0.25, 0.3) is 5.91 Å². The summed E-state index contributed by atoms with van der Waals surface area (Å²) in [6, 6.07) is 15.4. The second-order valence-electron chi connectivity index (χ2n) is 5.17. The van der Waals surface area contributed by atoms with E-state index in [0.717, 1.165) is 16.9 Å². The highest BCUT2D eigenvalue weighted by Crippen LogP contribution is 2.11. The summed E-state index contributed by atoms with van der Waals surface area (Å²) in [5.41, 5.74) is 3.90. The summed E-state index contributed by atoms with van der Waals surface area (Å²) in [7, 11) is 0. The van der Waals surface area contributed by atoms with Gasteiger partial charge in [-0.05, 0) is 38.1 Å². The number of hydrogen-bond acceptors (Lipinski definition) is 3. The third-order valence-corrected chi connectivity index (χ3v) is 3.30. The number of aryl methyl sites for hydroxylation is 2. The number of anilines is 1. The normalized spacial score (nSPS) is 10.5. The molecule has 110 valence electrons. The zero-order valence-corrected chi connectivity index (χ0v) is 12.4. The molecule has 3 rings (SSSR count). The first-order valence-electron chi connectivity index (χ1n) is 6.98. The Balaban J connectivity index is 1.76. The molecule has 5 nitrogen and oxygen atoms in total. The monoisotopic (exact) mass is 292 g/mol. The number of nitrogens with zero attached hydrogens (tertiary/aromatic N) is 3. The Hall–Kier alpha value is -2.95. The van der Waals surface area contributed by atoms with E-state index in [1.54, 1.807) is 4.68 Å². The van der Waals surface area contributed by atoms with E-state index in [1.807, 2.05) is 62.4 Å². The van der Waals surface area contributed by atoms with Gasteiger partial charge >= 0.3 is 0 Å². The van der Waals surface area contributed by atoms with Crippen LogP contribution in [0.25, 0.3) is 5.69 Å². The van der Waals surface area contributed by atoms with Crippen LogP contribution in [0.15, 0.2) is 54.9 Å². The van der Waals surface area contributed by atoms with Gasteiger partial charge in [0, 0.05) is 5.69 Å². The Labute approximate surface area is 128 Å². The van der Waals surface area contributed by atoms with Gasteiger partial charge in [0.15, 0.2) is 0 Å². The van der Waals surface area contributed by atoms with E-state index in [9.17, 15) is 4.79 Å². The molecule has 1 amide bonds. The largest absolute Gasteiger partial charge is 0.319 e. The second-order valence-corrected chi connectivity index (χ2v) is 5.17. The lowest BCUT2D eigenvalue weighted by atomic mass is 10.2. The van der Waals surface area contributed by atoms with Gasteiger partial charge in [-0.15, -0.1) is 5.10 Å². The molecule has 0 radical (unpaired) electrons. The first-order chi connectivity index (χ1) is 10.6. The van der Waals surface area contributed by atoms with Gasteiger partial charge in [0.2, 0.25) is 5.82 Å². The topological polar surface area (TPSA) is 59.8 Å². The van der Waals surface area contributed by atoms with Crippen LogP contribution in [0.5, 0.6) is 0 Å². The standard InChI is InChI=1S/C17H16N4O/c1-12-3-7-14(8-4-12)19-17(22)16-18-11-21(20-16)15-9-5-13(2)6-10-15/h3-11H,1-2H3,(H,19,22). The molecule has 1 aromatic heterocycles. The van der Waals surface area contributed by atoms with Crippen LogP contribution in [-0.2, 0) is 0 Å². The summed E-state index contributed by atoms with van der Waals surface area (Å²) in [4.78, 5) is 16.2. The molecule has 0 bridgehead atoms. The fourth-order valence-corrected chi connectivity index (χ4v) is 2.01. The second kappa shape index (κ2) is 5.81. The summed E-state index contributed by atoms with van der Waals surface area (Å²) >= 11 is 0. The highest BCUT2D eigenvalue weighted by molar-refractivity contribution is 6.01. The van der Waals surface area contributed by atoms with Crippen molar-refractivity contribution < 1.29 is 4.79 Å². The van der Waals surface area contributed by atoms with Crippen molar-refractivity contribution in [2.45, 2.75) is 13.8 Å². The maximum absolute atomic E-state index is 12.1. The van der Waals surface area contributed by atoms with Gasteiger partial charge in [-0.2, -0.15) is 0 Å². The lowest BCUT2D eigenvalue weighted by Gasteiger charge is -2.03. The number of hydrogen-bond donors (Lipinski definition) is 1. The number of carbonyl (C=O) groups is 1. The van der Waals surface area contributed by atoms with Crippen LogP contribution in [0.3, 0.4) is 0 Å². The number of benzene rings is 2. The van der Waals surface area contributed by atoms with Crippen molar-refractivity contribution in [3.05, 3.63) is 71.8 Å². The maximum Gasteiger partial charge on any atom is 0.295 e. The van der Waals surface area contributed by atoms with Gasteiger partial charge < -0.3 is 5.32 Å². The van der Waals surface area contributed by atoms with Gasteiger partial charge in [-0.25, -0.2) is 9.67 Å². The van der Waals surface area contributed by atoms with Crippen LogP contribution < -0.4 is 5.32 Å². The van der Waals surface area contributed by atoms with E-state index >= 15 is 0 Å². The quantitative estimate of drug-likeness (QED) is 0.806. The molecule has 0 aliphatic carbocycles. The maximum atomic E-state index is 12.1. The molecule has 2 aromatic carbocycles. The van der Waals surface area contributed by atoms with Gasteiger partial charge in [-0.1, -0.05) is 35.4 Å². The summed E-state index contributed by atoms with van der Waals surface area (Å²) in [5, 5.41) is 7.00. The van der Waals surface area contributed by atoms with E-state index in [-0.39, 0.29) is 11.7 Å². The lowest BCUT2D eigenvalue weighted by molar-refractivity contribution is 0.101. The average Bonchev–Trinajstić information content (AvgIpc) is 3.00. The minimum absolute atomic E-state index is 0.140. The summed E-state index contributed by atoms with van der Waals surface area (Å²) < 4.78 is 1.59. The molecule has 0 atom stereocenters. The zero-order valence-electron chi connectivity index (χ0n) is 12.4. The molecule has 0 saturated heterocycles. The molecule has 0 spiro atoms. The van der Waals surface area contributed by atoms with Gasteiger partial charge in [0.1, 0.15) is 6.33 Å². The van der Waals surface area contributed by atoms with Crippen molar-refractivity contribution in [2.24, 2.45) is 0 Å². The van der Waals surface area contributed by atoms with Crippen molar-refractivity contribution in [3.63, 3.8) is 0 Å². The minimum atomic E-state index is -0.324. The summed E-state index contributed by atoms with van der Waals surface area (Å²) in [5.74, 6) is -0.184. The van der Waals surface area contributed by atoms with E-state index in [1.165, 1.54) is 11.9 Å². The van der Waals surface area contributed by atoms with Crippen molar-refractivity contribution in [1.82, 2.24) is 14.8 Å². The SMILES string of the molecule is Cc1ccc(NC(=O)c2ncn(-c3ccc(C)cc3)n2)cc1. The highest BCUT2D eigenvalue weighted by Gasteiger charge is 2.12. The Morgan fingerprint density at radius 3 is 2.18 bits per heavy atom. The number of nitrogens with one attached hydrogen (secondary N) is 1. The van der Waals surface area contributed by atoms with E-state index in [4.69, 9.17) is 0 Å². The Kier molecular flexibility index (Phi) is 3.70. The van der Waals surface area contributed by atoms with E-state index in [0.29, 0.717) is 0 Å². The molecule has 0 fully saturated rings. The number of aromatic nitrogens is 3. The fourth-order valence-electron chi connectivity index (χ4n) is 2.01. The summed E-state index contributed by atoms with van der Waals surface area (Å²) in [6.45, 7) is 4.02. The molecule has 0 aliphatic rings. The predicted octanol–water partition coefficient (Wildman–Crippen LogP) is 3.14. The Morgan fingerprint density at radius 2 is 1.55 bits per heavy atom. The van der Waals surface area contributed by atoms with Crippen molar-refractivity contribution in [3.8, 4) is 5.69 Å². The molecule has 0 aliphatic heterocycles. The van der Waals surface area contributed by atoms with Crippen molar-refractivity contribution in [2.75, 3.05) is 5.32 Å². The van der Waals surface area contributed by atoms with E-state index in [2.05, 4.69) is 15.4 Å². The van der Waals surface area contributed by atoms with Crippen molar-refractivity contribution in [1.29, 1.82) is 0 Å². The smallest absolute Gasteiger partial charge is 0.295 e. The fraction of sp³-hybridized carbons (Fsp3) is 0.118. The third kappa shape index (κ3) is 3.03. The van der Waals surface area contributed by atoms with Crippen LogP contribution >= 0.6 is 0 Å². The molecular weight excluding hydrogens is 276 g/mol. The zero-order chi connectivity index (χ0) is 15.5. The molecule has 0 unspecified atom stereocenters. The third-order valence-electron chi connectivity index (χ3n) is 3.30. The minimum Gasteiger partial charge on any atom is -0.319 e. The first-order valence-corrected chi connectivity index (χ1v) is 6.98. The highest BCUT2D eigenvalue weighted by atomic mass is 16.2. The van der Waals surface area contributed by atoms with Gasteiger partial charge in [0.05, 0.1) is 5.69 Å². The van der Waals surface area contributed by atoms with E-state index < -0.39 is 0 Å². The predicted molar refractivity (Wildman–Crippen MR) is 85.2 cm³/mol. The first kappa shape index (κ1) is 14.0. The number of amides is 1. The lowest BCUT2D eigenvalue weighted by Crippen LogP contribution is -2.14. The van der Waals surface area contributed by atoms with Crippen LogP contribution in [0.1, 0.15) is 21.7 Å². The molecule has 22 heavy (non-hydrogen) atoms. The Morgan fingerprint density at radius 1 is 0.955 bits per heavy atom. The summed E-state index contributed by atoms with van der Waals surface area (Å²) in [6.07, 6.45) is 1.54. The molecule has 1 N–H and O–H groups in total.